The molecular formula is C19H18Cl2N4O2. The Balaban J connectivity index is 1.71. The van der Waals surface area contributed by atoms with E-state index in [2.05, 4.69) is 10.4 Å². The zero-order valence-corrected chi connectivity index (χ0v) is 16.1. The summed E-state index contributed by atoms with van der Waals surface area (Å²) in [6.45, 7) is 1.96. The van der Waals surface area contributed by atoms with E-state index in [1.54, 1.807) is 12.3 Å². The fourth-order valence-electron chi connectivity index (χ4n) is 4.05. The van der Waals surface area contributed by atoms with Gasteiger partial charge in [-0.25, -0.2) is 4.68 Å². The van der Waals surface area contributed by atoms with E-state index in [-0.39, 0.29) is 12.1 Å². The highest BCUT2D eigenvalue weighted by Gasteiger charge is 2.29. The van der Waals surface area contributed by atoms with Crippen LogP contribution in [0.15, 0.2) is 24.5 Å². The Bertz CT molecular complexity index is 1050. The van der Waals surface area contributed by atoms with Crippen LogP contribution in [0.5, 0.6) is 0 Å². The lowest BCUT2D eigenvalue weighted by Gasteiger charge is -2.22. The predicted molar refractivity (Wildman–Crippen MR) is 104 cm³/mol. The van der Waals surface area contributed by atoms with E-state index in [0.29, 0.717) is 28.8 Å². The molecule has 140 valence electrons. The molecule has 2 aliphatic rings. The summed E-state index contributed by atoms with van der Waals surface area (Å²) in [7, 11) is 0. The first kappa shape index (κ1) is 17.1. The van der Waals surface area contributed by atoms with E-state index in [9.17, 15) is 4.79 Å². The number of ether oxygens (including phenoxy) is 1. The Morgan fingerprint density at radius 3 is 2.96 bits per heavy atom. The second kappa shape index (κ2) is 6.55. The molecule has 6 nitrogen and oxygen atoms in total. The van der Waals surface area contributed by atoms with Crippen molar-refractivity contribution in [3.05, 3.63) is 40.3 Å². The molecule has 5 rings (SSSR count). The van der Waals surface area contributed by atoms with E-state index in [1.165, 1.54) is 0 Å². The van der Waals surface area contributed by atoms with E-state index in [4.69, 9.17) is 27.9 Å². The third kappa shape index (κ3) is 2.66. The van der Waals surface area contributed by atoms with Gasteiger partial charge in [-0.05, 0) is 25.3 Å². The van der Waals surface area contributed by atoms with Gasteiger partial charge in [0.2, 0.25) is 0 Å². The first-order valence-corrected chi connectivity index (χ1v) is 9.85. The molecule has 8 heteroatoms. The quantitative estimate of drug-likeness (QED) is 0.693. The van der Waals surface area contributed by atoms with Crippen LogP contribution in [-0.2, 0) is 11.3 Å². The average Bonchev–Trinajstić information content (AvgIpc) is 3.29. The zero-order chi connectivity index (χ0) is 18.5. The van der Waals surface area contributed by atoms with E-state index in [0.717, 1.165) is 47.9 Å². The van der Waals surface area contributed by atoms with Gasteiger partial charge in [-0.2, -0.15) is 5.10 Å². The highest BCUT2D eigenvalue weighted by molar-refractivity contribution is 6.45. The number of fused-ring (bicyclic) bond motifs is 3. The number of hydrogen-bond donors (Lipinski definition) is 1. The summed E-state index contributed by atoms with van der Waals surface area (Å²) in [5, 5.41) is 9.29. The van der Waals surface area contributed by atoms with E-state index in [1.807, 2.05) is 21.5 Å². The van der Waals surface area contributed by atoms with Crippen LogP contribution in [0.4, 0.5) is 0 Å². The van der Waals surface area contributed by atoms with Crippen LogP contribution >= 0.6 is 23.2 Å². The molecule has 2 aliphatic heterocycles. The molecule has 0 aliphatic carbocycles. The van der Waals surface area contributed by atoms with Gasteiger partial charge in [-0.1, -0.05) is 29.3 Å². The maximum Gasteiger partial charge on any atom is 0.268 e. The van der Waals surface area contributed by atoms with Crippen molar-refractivity contribution in [3.63, 3.8) is 0 Å². The van der Waals surface area contributed by atoms with Gasteiger partial charge < -0.3 is 14.6 Å². The number of benzene rings is 1. The SMILES string of the molecule is O=C1NCCn2c1c(-c1cnn(C3CCCCO3)c1)c1ccc(Cl)c(Cl)c12. The van der Waals surface area contributed by atoms with Gasteiger partial charge in [0.15, 0.2) is 0 Å². The Labute approximate surface area is 166 Å². The number of rotatable bonds is 2. The highest BCUT2D eigenvalue weighted by Crippen LogP contribution is 2.41. The summed E-state index contributed by atoms with van der Waals surface area (Å²) in [6.07, 6.45) is 6.85. The third-order valence-electron chi connectivity index (χ3n) is 5.29. The highest BCUT2D eigenvalue weighted by atomic mass is 35.5. The minimum absolute atomic E-state index is 0.0518. The largest absolute Gasteiger partial charge is 0.357 e. The second-order valence-corrected chi connectivity index (χ2v) is 7.70. The monoisotopic (exact) mass is 404 g/mol. The van der Waals surface area contributed by atoms with Crippen molar-refractivity contribution in [1.29, 1.82) is 0 Å². The zero-order valence-electron chi connectivity index (χ0n) is 14.5. The number of nitrogens with zero attached hydrogens (tertiary/aromatic N) is 3. The molecule has 1 unspecified atom stereocenters. The van der Waals surface area contributed by atoms with E-state index >= 15 is 0 Å². The second-order valence-electron chi connectivity index (χ2n) is 6.92. The van der Waals surface area contributed by atoms with Gasteiger partial charge in [0.1, 0.15) is 11.9 Å². The normalized spacial score (nSPS) is 19.9. The fourth-order valence-corrected chi connectivity index (χ4v) is 4.47. The van der Waals surface area contributed by atoms with Crippen molar-refractivity contribution in [2.45, 2.75) is 32.0 Å². The van der Waals surface area contributed by atoms with Crippen LogP contribution < -0.4 is 5.32 Å². The number of hydrogen-bond acceptors (Lipinski definition) is 3. The van der Waals surface area contributed by atoms with Crippen LogP contribution in [0.1, 0.15) is 36.0 Å². The molecule has 1 atom stereocenters. The molecule has 4 heterocycles. The summed E-state index contributed by atoms with van der Waals surface area (Å²) >= 11 is 12.8. The van der Waals surface area contributed by atoms with Crippen molar-refractivity contribution in [1.82, 2.24) is 19.7 Å². The lowest BCUT2D eigenvalue weighted by atomic mass is 10.0. The van der Waals surface area contributed by atoms with Crippen molar-refractivity contribution in [2.24, 2.45) is 0 Å². The molecule has 1 aromatic carbocycles. The lowest BCUT2D eigenvalue weighted by molar-refractivity contribution is -0.0394. The number of carbonyl (C=O) groups excluding carboxylic acids is 1. The standard InChI is InChI=1S/C19H18Cl2N4O2/c20-13-5-4-12-15(11-9-23-25(10-11)14-3-1-2-8-27-14)18-19(26)22-6-7-24(18)17(12)16(13)21/h4-5,9-10,14H,1-3,6-8H2,(H,22,26). The minimum atomic E-state index is -0.110. The van der Waals surface area contributed by atoms with Crippen molar-refractivity contribution in [2.75, 3.05) is 13.2 Å². The third-order valence-corrected chi connectivity index (χ3v) is 6.09. The predicted octanol–water partition coefficient (Wildman–Crippen LogP) is 4.25. The molecule has 2 aromatic heterocycles. The van der Waals surface area contributed by atoms with Crippen LogP contribution in [-0.4, -0.2) is 33.4 Å². The van der Waals surface area contributed by atoms with Crippen LogP contribution in [0.3, 0.4) is 0 Å². The maximum absolute atomic E-state index is 12.7. The topological polar surface area (TPSA) is 61.1 Å². The first-order valence-electron chi connectivity index (χ1n) is 9.09. The summed E-state index contributed by atoms with van der Waals surface area (Å²) in [6, 6.07) is 3.69. The number of amides is 1. The first-order chi connectivity index (χ1) is 13.1. The smallest absolute Gasteiger partial charge is 0.268 e. The van der Waals surface area contributed by atoms with Gasteiger partial charge in [-0.3, -0.25) is 4.79 Å². The molecule has 0 spiro atoms. The van der Waals surface area contributed by atoms with Gasteiger partial charge in [0, 0.05) is 42.4 Å². The molecule has 3 aromatic rings. The molecule has 0 bridgehead atoms. The van der Waals surface area contributed by atoms with Crippen molar-refractivity contribution >= 4 is 40.0 Å². The van der Waals surface area contributed by atoms with Crippen molar-refractivity contribution < 1.29 is 9.53 Å². The number of carbonyl (C=O) groups is 1. The van der Waals surface area contributed by atoms with Gasteiger partial charge >= 0.3 is 0 Å². The van der Waals surface area contributed by atoms with Crippen LogP contribution in [0.2, 0.25) is 10.0 Å². The van der Waals surface area contributed by atoms with Crippen molar-refractivity contribution in [3.8, 4) is 11.1 Å². The van der Waals surface area contributed by atoms with E-state index < -0.39 is 0 Å². The summed E-state index contributed by atoms with van der Waals surface area (Å²) in [4.78, 5) is 12.7. The van der Waals surface area contributed by atoms with Gasteiger partial charge in [-0.15, -0.1) is 0 Å². The molecule has 1 amide bonds. The average molecular weight is 405 g/mol. The number of aromatic nitrogens is 3. The van der Waals surface area contributed by atoms with Crippen LogP contribution in [0.25, 0.3) is 22.0 Å². The van der Waals surface area contributed by atoms with Crippen LogP contribution in [0, 0.1) is 0 Å². The summed E-state index contributed by atoms with van der Waals surface area (Å²) < 4.78 is 9.64. The fraction of sp³-hybridized carbons (Fsp3) is 0.368. The molecule has 1 fully saturated rings. The molecule has 1 saturated heterocycles. The Hall–Kier alpha value is -2.02. The molecule has 0 saturated carbocycles. The number of halogens is 2. The Morgan fingerprint density at radius 1 is 1.26 bits per heavy atom. The Morgan fingerprint density at radius 2 is 2.15 bits per heavy atom. The van der Waals surface area contributed by atoms with Gasteiger partial charge in [0.25, 0.3) is 5.91 Å². The molecule has 27 heavy (non-hydrogen) atoms. The molecule has 0 radical (unpaired) electrons. The van der Waals surface area contributed by atoms with Gasteiger partial charge in [0.05, 0.1) is 21.8 Å². The number of nitrogens with one attached hydrogen (secondary N) is 1. The maximum atomic E-state index is 12.7. The lowest BCUT2D eigenvalue weighted by Crippen LogP contribution is -2.35. The summed E-state index contributed by atoms with van der Waals surface area (Å²) in [5.41, 5.74) is 3.11. The Kier molecular flexibility index (Phi) is 4.15. The molecular weight excluding hydrogens is 387 g/mol. The summed E-state index contributed by atoms with van der Waals surface area (Å²) in [5.74, 6) is -0.110. The molecule has 1 N–H and O–H groups in total. The minimum Gasteiger partial charge on any atom is -0.357 e.